The molecule has 0 bridgehead atoms. The summed E-state index contributed by atoms with van der Waals surface area (Å²) in [4.78, 5) is 11.3. The van der Waals surface area contributed by atoms with Gasteiger partial charge in [-0.25, -0.2) is 0 Å². The van der Waals surface area contributed by atoms with Gasteiger partial charge in [-0.1, -0.05) is 22.0 Å². The normalized spacial score (nSPS) is 10.6. The molecular formula is C10H11BrN4O. The summed E-state index contributed by atoms with van der Waals surface area (Å²) in [6.45, 7) is 0.400. The molecular weight excluding hydrogens is 272 g/mol. The maximum absolute atomic E-state index is 11.3. The van der Waals surface area contributed by atoms with Gasteiger partial charge in [-0.15, -0.1) is 10.2 Å². The van der Waals surface area contributed by atoms with Crippen LogP contribution in [0.15, 0.2) is 24.4 Å². The largest absolute Gasteiger partial charge is 0.349 e. The molecule has 0 aliphatic heterocycles. The van der Waals surface area contributed by atoms with Crippen molar-refractivity contribution in [3.63, 3.8) is 0 Å². The molecule has 0 saturated heterocycles. The second-order valence-electron chi connectivity index (χ2n) is 3.26. The van der Waals surface area contributed by atoms with Gasteiger partial charge in [-0.2, -0.15) is 0 Å². The Morgan fingerprint density at radius 1 is 1.44 bits per heavy atom. The van der Waals surface area contributed by atoms with Crippen LogP contribution in [0.3, 0.4) is 0 Å². The molecule has 0 atom stereocenters. The number of nitrogens with zero attached hydrogens (tertiary/aromatic N) is 3. The van der Waals surface area contributed by atoms with Crippen molar-refractivity contribution < 1.29 is 4.79 Å². The monoisotopic (exact) mass is 282 g/mol. The van der Waals surface area contributed by atoms with E-state index in [1.165, 1.54) is 0 Å². The Kier molecular flexibility index (Phi) is 3.51. The van der Waals surface area contributed by atoms with Gasteiger partial charge in [0.05, 0.1) is 6.54 Å². The van der Waals surface area contributed by atoms with E-state index in [0.717, 1.165) is 11.5 Å². The highest BCUT2D eigenvalue weighted by Crippen LogP contribution is 2.02. The van der Waals surface area contributed by atoms with Crippen LogP contribution in [0.2, 0.25) is 0 Å². The Morgan fingerprint density at radius 2 is 2.31 bits per heavy atom. The number of aromatic nitrogens is 3. The lowest BCUT2D eigenvalue weighted by Crippen LogP contribution is -2.23. The molecule has 84 valence electrons. The van der Waals surface area contributed by atoms with Crippen molar-refractivity contribution in [1.29, 1.82) is 0 Å². The van der Waals surface area contributed by atoms with Crippen LogP contribution in [0.4, 0.5) is 0 Å². The van der Waals surface area contributed by atoms with E-state index < -0.39 is 0 Å². The number of hydrogen-bond donors (Lipinski definition) is 1. The van der Waals surface area contributed by atoms with E-state index >= 15 is 0 Å². The predicted molar refractivity (Wildman–Crippen MR) is 63.2 cm³/mol. The van der Waals surface area contributed by atoms with Gasteiger partial charge in [0.1, 0.15) is 0 Å². The number of carbonyl (C=O) groups excluding carboxylic acids is 1. The van der Waals surface area contributed by atoms with Crippen molar-refractivity contribution in [2.24, 2.45) is 0 Å². The first-order valence-electron chi connectivity index (χ1n) is 4.92. The first-order valence-corrected chi connectivity index (χ1v) is 6.04. The van der Waals surface area contributed by atoms with Crippen molar-refractivity contribution in [3.05, 3.63) is 30.2 Å². The molecule has 16 heavy (non-hydrogen) atoms. The standard InChI is InChI=1S/C10H11BrN4O/c11-5-4-10(16)12-7-9-14-13-8-3-1-2-6-15(8)9/h1-3,6H,4-5,7H2,(H,12,16). The van der Waals surface area contributed by atoms with Crippen LogP contribution in [0.25, 0.3) is 5.65 Å². The summed E-state index contributed by atoms with van der Waals surface area (Å²) in [6, 6.07) is 5.67. The van der Waals surface area contributed by atoms with E-state index in [1.54, 1.807) is 0 Å². The SMILES string of the molecule is O=C(CCBr)NCc1nnc2ccccn12. The minimum absolute atomic E-state index is 0.00422. The van der Waals surface area contributed by atoms with Gasteiger partial charge in [0, 0.05) is 17.9 Å². The van der Waals surface area contributed by atoms with Gasteiger partial charge in [-0.05, 0) is 12.1 Å². The van der Waals surface area contributed by atoms with Crippen molar-refractivity contribution in [3.8, 4) is 0 Å². The van der Waals surface area contributed by atoms with E-state index in [4.69, 9.17) is 0 Å². The number of carbonyl (C=O) groups is 1. The predicted octanol–water partition coefficient (Wildman–Crippen LogP) is 1.13. The number of nitrogens with one attached hydrogen (secondary N) is 1. The maximum Gasteiger partial charge on any atom is 0.221 e. The van der Waals surface area contributed by atoms with Crippen LogP contribution in [0, 0.1) is 0 Å². The van der Waals surface area contributed by atoms with Crippen molar-refractivity contribution >= 4 is 27.5 Å². The lowest BCUT2D eigenvalue weighted by atomic mass is 10.4. The third kappa shape index (κ3) is 2.38. The first kappa shape index (κ1) is 11.1. The smallest absolute Gasteiger partial charge is 0.221 e. The van der Waals surface area contributed by atoms with Crippen LogP contribution >= 0.6 is 15.9 Å². The van der Waals surface area contributed by atoms with Crippen LogP contribution in [-0.2, 0) is 11.3 Å². The topological polar surface area (TPSA) is 59.3 Å². The summed E-state index contributed by atoms with van der Waals surface area (Å²) in [7, 11) is 0. The molecule has 0 aliphatic rings. The van der Waals surface area contributed by atoms with E-state index in [0.29, 0.717) is 18.3 Å². The van der Waals surface area contributed by atoms with E-state index in [2.05, 4.69) is 31.4 Å². The zero-order chi connectivity index (χ0) is 11.4. The van der Waals surface area contributed by atoms with E-state index in [-0.39, 0.29) is 5.91 Å². The molecule has 6 heteroatoms. The summed E-state index contributed by atoms with van der Waals surface area (Å²) < 4.78 is 1.86. The molecule has 1 amide bonds. The van der Waals surface area contributed by atoms with Gasteiger partial charge in [0.15, 0.2) is 11.5 Å². The summed E-state index contributed by atoms with van der Waals surface area (Å²) in [5.74, 6) is 0.739. The quantitative estimate of drug-likeness (QED) is 0.856. The van der Waals surface area contributed by atoms with Gasteiger partial charge < -0.3 is 5.32 Å². The molecule has 0 saturated carbocycles. The van der Waals surface area contributed by atoms with Gasteiger partial charge in [-0.3, -0.25) is 9.20 Å². The van der Waals surface area contributed by atoms with E-state index in [9.17, 15) is 4.79 Å². The Labute approximate surface area is 101 Å². The Morgan fingerprint density at radius 3 is 3.12 bits per heavy atom. The summed E-state index contributed by atoms with van der Waals surface area (Å²) in [5, 5.41) is 11.5. The van der Waals surface area contributed by atoms with Crippen molar-refractivity contribution in [2.45, 2.75) is 13.0 Å². The molecule has 2 heterocycles. The number of alkyl halides is 1. The minimum Gasteiger partial charge on any atom is -0.349 e. The molecule has 0 spiro atoms. The average molecular weight is 283 g/mol. The van der Waals surface area contributed by atoms with Crippen molar-refractivity contribution in [1.82, 2.24) is 19.9 Å². The highest BCUT2D eigenvalue weighted by atomic mass is 79.9. The number of hydrogen-bond acceptors (Lipinski definition) is 3. The number of halogens is 1. The zero-order valence-corrected chi connectivity index (χ0v) is 10.1. The fraction of sp³-hybridized carbons (Fsp3) is 0.300. The van der Waals surface area contributed by atoms with Gasteiger partial charge >= 0.3 is 0 Å². The fourth-order valence-electron chi connectivity index (χ4n) is 1.36. The zero-order valence-electron chi connectivity index (χ0n) is 8.56. The third-order valence-corrected chi connectivity index (χ3v) is 2.55. The number of rotatable bonds is 4. The molecule has 2 aromatic rings. The van der Waals surface area contributed by atoms with Crippen LogP contribution in [0.5, 0.6) is 0 Å². The van der Waals surface area contributed by atoms with Crippen LogP contribution in [-0.4, -0.2) is 25.8 Å². The molecule has 0 unspecified atom stereocenters. The highest BCUT2D eigenvalue weighted by molar-refractivity contribution is 9.09. The summed E-state index contributed by atoms with van der Waals surface area (Å²) >= 11 is 3.21. The number of pyridine rings is 1. The van der Waals surface area contributed by atoms with Gasteiger partial charge in [0.2, 0.25) is 5.91 Å². The molecule has 0 aliphatic carbocycles. The molecule has 2 rings (SSSR count). The van der Waals surface area contributed by atoms with Crippen molar-refractivity contribution in [2.75, 3.05) is 5.33 Å². The Balaban J connectivity index is 2.07. The van der Waals surface area contributed by atoms with Crippen LogP contribution in [0.1, 0.15) is 12.2 Å². The lowest BCUT2D eigenvalue weighted by Gasteiger charge is -2.02. The highest BCUT2D eigenvalue weighted by Gasteiger charge is 2.05. The Bertz CT molecular complexity index is 496. The van der Waals surface area contributed by atoms with E-state index in [1.807, 2.05) is 28.8 Å². The Hall–Kier alpha value is -1.43. The molecule has 0 aromatic carbocycles. The first-order chi connectivity index (χ1) is 7.81. The number of fused-ring (bicyclic) bond motifs is 1. The minimum atomic E-state index is 0.00422. The van der Waals surface area contributed by atoms with Gasteiger partial charge in [0.25, 0.3) is 0 Å². The fourth-order valence-corrected chi connectivity index (χ4v) is 1.72. The third-order valence-electron chi connectivity index (χ3n) is 2.15. The molecule has 0 radical (unpaired) electrons. The summed E-state index contributed by atoms with van der Waals surface area (Å²) in [5.41, 5.74) is 0.784. The summed E-state index contributed by atoms with van der Waals surface area (Å²) in [6.07, 6.45) is 2.35. The second-order valence-corrected chi connectivity index (χ2v) is 4.05. The molecule has 5 nitrogen and oxygen atoms in total. The average Bonchev–Trinajstić information content (AvgIpc) is 2.70. The lowest BCUT2D eigenvalue weighted by molar-refractivity contribution is -0.120. The maximum atomic E-state index is 11.3. The van der Waals surface area contributed by atoms with Crippen LogP contribution < -0.4 is 5.32 Å². The molecule has 2 aromatic heterocycles. The molecule has 0 fully saturated rings. The second kappa shape index (κ2) is 5.07. The number of amides is 1. The molecule has 1 N–H and O–H groups in total.